The van der Waals surface area contributed by atoms with Gasteiger partial charge in [-0.15, -0.1) is 0 Å². The predicted molar refractivity (Wildman–Crippen MR) is 90.2 cm³/mol. The Morgan fingerprint density at radius 1 is 1.40 bits per heavy atom. The molecule has 1 aromatic carbocycles. The van der Waals surface area contributed by atoms with Crippen molar-refractivity contribution in [1.29, 1.82) is 0 Å². The van der Waals surface area contributed by atoms with Crippen LogP contribution < -0.4 is 5.73 Å². The van der Waals surface area contributed by atoms with Gasteiger partial charge in [-0.25, -0.2) is 0 Å². The van der Waals surface area contributed by atoms with Crippen LogP contribution in [0.2, 0.25) is 5.02 Å². The van der Waals surface area contributed by atoms with E-state index in [-0.39, 0.29) is 6.04 Å². The van der Waals surface area contributed by atoms with Gasteiger partial charge in [0.05, 0.1) is 0 Å². The first-order valence-corrected chi connectivity index (χ1v) is 8.71. The summed E-state index contributed by atoms with van der Waals surface area (Å²) in [4.78, 5) is 2.55. The van der Waals surface area contributed by atoms with Crippen LogP contribution in [0.3, 0.4) is 0 Å². The summed E-state index contributed by atoms with van der Waals surface area (Å²) in [5.74, 6) is 0.882. The summed E-state index contributed by atoms with van der Waals surface area (Å²) in [5.41, 5.74) is 7.32. The Balaban J connectivity index is 2.15. The second-order valence-electron chi connectivity index (χ2n) is 5.66. The van der Waals surface area contributed by atoms with Crippen LogP contribution in [0.5, 0.6) is 0 Å². The topological polar surface area (TPSA) is 29.3 Å². The Kier molecular flexibility index (Phi) is 6.34. The summed E-state index contributed by atoms with van der Waals surface area (Å²) in [7, 11) is 0. The van der Waals surface area contributed by atoms with E-state index in [9.17, 15) is 0 Å². The maximum Gasteiger partial charge on any atom is 0.0481 e. The van der Waals surface area contributed by atoms with Crippen molar-refractivity contribution in [2.45, 2.75) is 38.6 Å². The molecule has 0 aromatic heterocycles. The van der Waals surface area contributed by atoms with Crippen LogP contribution in [0.25, 0.3) is 0 Å². The first-order valence-electron chi connectivity index (χ1n) is 7.54. The Morgan fingerprint density at radius 3 is 2.85 bits per heavy atom. The van der Waals surface area contributed by atoms with Gasteiger partial charge in [0.1, 0.15) is 0 Å². The van der Waals surface area contributed by atoms with Crippen LogP contribution >= 0.6 is 27.5 Å². The Bertz CT molecular complexity index is 438. The molecule has 2 N–H and O–H groups in total. The van der Waals surface area contributed by atoms with E-state index in [1.807, 2.05) is 12.1 Å². The highest BCUT2D eigenvalue weighted by Crippen LogP contribution is 2.32. The molecular weight excluding hydrogens is 336 g/mol. The lowest BCUT2D eigenvalue weighted by atomic mass is 9.98. The number of nitrogens with zero attached hydrogens (tertiary/aromatic N) is 1. The van der Waals surface area contributed by atoms with E-state index in [2.05, 4.69) is 33.8 Å². The lowest BCUT2D eigenvalue weighted by Crippen LogP contribution is -2.34. The summed E-state index contributed by atoms with van der Waals surface area (Å²) < 4.78 is 1.07. The zero-order chi connectivity index (χ0) is 14.5. The third-order valence-corrected chi connectivity index (χ3v) is 5.37. The summed E-state index contributed by atoms with van der Waals surface area (Å²) in [6.45, 7) is 5.25. The maximum atomic E-state index is 6.07. The number of hydrogen-bond donors (Lipinski definition) is 1. The molecule has 2 nitrogen and oxygen atoms in total. The van der Waals surface area contributed by atoms with Gasteiger partial charge < -0.3 is 5.73 Å². The fourth-order valence-corrected chi connectivity index (χ4v) is 4.10. The van der Waals surface area contributed by atoms with Crippen molar-refractivity contribution < 1.29 is 0 Å². The second kappa shape index (κ2) is 7.79. The number of halogens is 2. The number of rotatable bonds is 4. The molecule has 0 bridgehead atoms. The summed E-state index contributed by atoms with van der Waals surface area (Å²) in [6, 6.07) is 6.31. The third-order valence-electron chi connectivity index (χ3n) is 4.45. The Hall–Kier alpha value is -0.0900. The molecule has 2 rings (SSSR count). The van der Waals surface area contributed by atoms with Crippen LogP contribution in [0.15, 0.2) is 22.7 Å². The van der Waals surface area contributed by atoms with E-state index in [1.165, 1.54) is 31.2 Å². The average molecular weight is 360 g/mol. The molecule has 1 heterocycles. The highest BCUT2D eigenvalue weighted by atomic mass is 79.9. The average Bonchev–Trinajstić information content (AvgIpc) is 2.67. The zero-order valence-corrected chi connectivity index (χ0v) is 14.5. The van der Waals surface area contributed by atoms with Crippen molar-refractivity contribution in [2.75, 3.05) is 19.6 Å². The summed E-state index contributed by atoms with van der Waals surface area (Å²) in [6.07, 6.45) is 5.22. The van der Waals surface area contributed by atoms with Gasteiger partial charge in [-0.2, -0.15) is 0 Å². The minimum absolute atomic E-state index is 0.289. The molecule has 0 radical (unpaired) electrons. The maximum absolute atomic E-state index is 6.07. The lowest BCUT2D eigenvalue weighted by molar-refractivity contribution is 0.206. The van der Waals surface area contributed by atoms with Gasteiger partial charge in [-0.05, 0) is 56.0 Å². The largest absolute Gasteiger partial charge is 0.329 e. The van der Waals surface area contributed by atoms with Crippen molar-refractivity contribution in [3.8, 4) is 0 Å². The molecule has 0 amide bonds. The van der Waals surface area contributed by atoms with Crippen LogP contribution in [0.4, 0.5) is 0 Å². The standard InChI is InChI=1S/C16H24BrClN2/c1-2-12-4-3-8-20(9-7-12)16(11-19)14-6-5-13(18)10-15(14)17/h5-6,10,12,16H,2-4,7-9,11,19H2,1H3. The smallest absolute Gasteiger partial charge is 0.0481 e. The van der Waals surface area contributed by atoms with E-state index in [0.717, 1.165) is 28.5 Å². The normalized spacial score (nSPS) is 22.5. The van der Waals surface area contributed by atoms with Crippen LogP contribution in [-0.2, 0) is 0 Å². The number of benzene rings is 1. The quantitative estimate of drug-likeness (QED) is 0.850. The molecule has 1 aromatic rings. The van der Waals surface area contributed by atoms with E-state index in [0.29, 0.717) is 6.54 Å². The molecule has 0 saturated carbocycles. The molecule has 4 heteroatoms. The number of hydrogen-bond acceptors (Lipinski definition) is 2. The van der Waals surface area contributed by atoms with Gasteiger partial charge in [0, 0.05) is 22.1 Å². The zero-order valence-electron chi connectivity index (χ0n) is 12.1. The third kappa shape index (κ3) is 3.97. The van der Waals surface area contributed by atoms with Gasteiger partial charge in [0.2, 0.25) is 0 Å². The SMILES string of the molecule is CCC1CCCN(C(CN)c2ccc(Cl)cc2Br)CC1. The van der Waals surface area contributed by atoms with Crippen molar-refractivity contribution in [1.82, 2.24) is 4.90 Å². The molecule has 1 aliphatic rings. The van der Waals surface area contributed by atoms with Crippen LogP contribution in [0.1, 0.15) is 44.2 Å². The van der Waals surface area contributed by atoms with Gasteiger partial charge in [0.15, 0.2) is 0 Å². The van der Waals surface area contributed by atoms with Crippen molar-refractivity contribution in [2.24, 2.45) is 11.7 Å². The second-order valence-corrected chi connectivity index (χ2v) is 6.95. The van der Waals surface area contributed by atoms with Crippen molar-refractivity contribution in [3.05, 3.63) is 33.3 Å². The summed E-state index contributed by atoms with van der Waals surface area (Å²) in [5, 5.41) is 0.762. The van der Waals surface area contributed by atoms with E-state index in [1.54, 1.807) is 0 Å². The first kappa shape index (κ1) is 16.3. The molecule has 2 unspecified atom stereocenters. The lowest BCUT2D eigenvalue weighted by Gasteiger charge is -2.31. The van der Waals surface area contributed by atoms with Gasteiger partial charge in [-0.3, -0.25) is 4.90 Å². The highest BCUT2D eigenvalue weighted by molar-refractivity contribution is 9.10. The van der Waals surface area contributed by atoms with Gasteiger partial charge >= 0.3 is 0 Å². The molecule has 0 aliphatic carbocycles. The fraction of sp³-hybridized carbons (Fsp3) is 0.625. The monoisotopic (exact) mass is 358 g/mol. The molecule has 1 aliphatic heterocycles. The van der Waals surface area contributed by atoms with Crippen molar-refractivity contribution in [3.63, 3.8) is 0 Å². The minimum atomic E-state index is 0.289. The van der Waals surface area contributed by atoms with Crippen LogP contribution in [0, 0.1) is 5.92 Å². The van der Waals surface area contributed by atoms with Gasteiger partial charge in [-0.1, -0.05) is 46.9 Å². The summed E-state index contributed by atoms with van der Waals surface area (Å²) >= 11 is 9.67. The van der Waals surface area contributed by atoms with Crippen molar-refractivity contribution >= 4 is 27.5 Å². The van der Waals surface area contributed by atoms with E-state index >= 15 is 0 Å². The highest BCUT2D eigenvalue weighted by Gasteiger charge is 2.24. The predicted octanol–water partition coefficient (Wildman–Crippen LogP) is 4.61. The number of likely N-dealkylation sites (tertiary alicyclic amines) is 1. The number of nitrogens with two attached hydrogens (primary N) is 1. The molecule has 112 valence electrons. The fourth-order valence-electron chi connectivity index (χ4n) is 3.15. The first-order chi connectivity index (χ1) is 9.65. The minimum Gasteiger partial charge on any atom is -0.329 e. The van der Waals surface area contributed by atoms with Crippen LogP contribution in [-0.4, -0.2) is 24.5 Å². The molecule has 0 spiro atoms. The molecule has 20 heavy (non-hydrogen) atoms. The molecule has 1 fully saturated rings. The van der Waals surface area contributed by atoms with E-state index < -0.39 is 0 Å². The molecular formula is C16H24BrClN2. The Morgan fingerprint density at radius 2 is 2.20 bits per heavy atom. The molecule has 1 saturated heterocycles. The molecule has 2 atom stereocenters. The van der Waals surface area contributed by atoms with E-state index in [4.69, 9.17) is 17.3 Å². The Labute approximate surface area is 135 Å². The van der Waals surface area contributed by atoms with Gasteiger partial charge in [0.25, 0.3) is 0 Å².